The number of thioether (sulfide) groups is 1. The zero-order chi connectivity index (χ0) is 10.5. The number of aromatic nitrogens is 1. The minimum Gasteiger partial charge on any atom is -0.308 e. The van der Waals surface area contributed by atoms with Gasteiger partial charge in [0.05, 0.1) is 5.51 Å². The molecule has 0 aliphatic heterocycles. The zero-order valence-corrected chi connectivity index (χ0v) is 10.7. The highest BCUT2D eigenvalue weighted by Crippen LogP contribution is 2.27. The fourth-order valence-electron chi connectivity index (χ4n) is 2.17. The quantitative estimate of drug-likeness (QED) is 0.879. The van der Waals surface area contributed by atoms with E-state index in [-0.39, 0.29) is 0 Å². The molecular weight excluding hydrogens is 224 g/mol. The van der Waals surface area contributed by atoms with E-state index in [2.05, 4.69) is 16.6 Å². The van der Waals surface area contributed by atoms with E-state index in [4.69, 9.17) is 0 Å². The summed E-state index contributed by atoms with van der Waals surface area (Å²) >= 11 is 3.76. The summed E-state index contributed by atoms with van der Waals surface area (Å²) in [6, 6.07) is 0.704. The van der Waals surface area contributed by atoms with Gasteiger partial charge in [0.2, 0.25) is 0 Å². The molecule has 15 heavy (non-hydrogen) atoms. The van der Waals surface area contributed by atoms with Crippen LogP contribution in [0.5, 0.6) is 0 Å². The third-order valence-corrected chi connectivity index (χ3v) is 4.98. The van der Waals surface area contributed by atoms with Crippen LogP contribution in [0.2, 0.25) is 0 Å². The number of thiazole rings is 1. The molecule has 1 aliphatic carbocycles. The summed E-state index contributed by atoms with van der Waals surface area (Å²) in [6.45, 7) is 0.992. The van der Waals surface area contributed by atoms with E-state index < -0.39 is 0 Å². The molecule has 1 fully saturated rings. The molecule has 2 atom stereocenters. The molecule has 0 amide bonds. The second kappa shape index (κ2) is 5.87. The topological polar surface area (TPSA) is 24.9 Å². The van der Waals surface area contributed by atoms with Gasteiger partial charge in [0.15, 0.2) is 0 Å². The standard InChI is InChI=1S/C11H18N2S2/c1-14-11-5-3-2-4-10(11)13-7-9-6-12-8-15-9/h6,8,10-11,13H,2-5,7H2,1H3. The lowest BCUT2D eigenvalue weighted by Crippen LogP contribution is -2.39. The van der Waals surface area contributed by atoms with Crippen LogP contribution < -0.4 is 5.32 Å². The van der Waals surface area contributed by atoms with Crippen LogP contribution in [-0.4, -0.2) is 22.5 Å². The van der Waals surface area contributed by atoms with Crippen molar-refractivity contribution in [2.75, 3.05) is 6.26 Å². The number of rotatable bonds is 4. The van der Waals surface area contributed by atoms with Gasteiger partial charge >= 0.3 is 0 Å². The maximum absolute atomic E-state index is 4.10. The average Bonchev–Trinajstić information content (AvgIpc) is 2.79. The number of nitrogens with one attached hydrogen (secondary N) is 1. The summed E-state index contributed by atoms with van der Waals surface area (Å²) in [6.07, 6.45) is 9.71. The minimum absolute atomic E-state index is 0.704. The summed E-state index contributed by atoms with van der Waals surface area (Å²) in [5.74, 6) is 0. The van der Waals surface area contributed by atoms with Crippen LogP contribution in [-0.2, 0) is 6.54 Å². The van der Waals surface area contributed by atoms with Gasteiger partial charge < -0.3 is 5.32 Å². The van der Waals surface area contributed by atoms with Gasteiger partial charge in [-0.05, 0) is 19.1 Å². The highest BCUT2D eigenvalue weighted by molar-refractivity contribution is 7.99. The highest BCUT2D eigenvalue weighted by atomic mass is 32.2. The molecule has 1 aromatic heterocycles. The molecule has 0 saturated heterocycles. The molecule has 2 unspecified atom stereocenters. The first-order valence-corrected chi connectivity index (χ1v) is 7.70. The third-order valence-electron chi connectivity index (χ3n) is 3.03. The molecule has 2 nitrogen and oxygen atoms in total. The average molecular weight is 242 g/mol. The van der Waals surface area contributed by atoms with E-state index in [9.17, 15) is 0 Å². The highest BCUT2D eigenvalue weighted by Gasteiger charge is 2.23. The number of nitrogens with zero attached hydrogens (tertiary/aromatic N) is 1. The predicted molar refractivity (Wildman–Crippen MR) is 68.5 cm³/mol. The van der Waals surface area contributed by atoms with Crippen molar-refractivity contribution in [2.45, 2.75) is 43.5 Å². The van der Waals surface area contributed by atoms with Gasteiger partial charge in [0.1, 0.15) is 0 Å². The second-order valence-electron chi connectivity index (χ2n) is 4.01. The lowest BCUT2D eigenvalue weighted by atomic mass is 9.95. The van der Waals surface area contributed by atoms with E-state index in [0.717, 1.165) is 11.8 Å². The Labute approximate surface area is 99.9 Å². The first-order valence-electron chi connectivity index (χ1n) is 5.53. The lowest BCUT2D eigenvalue weighted by Gasteiger charge is -2.30. The summed E-state index contributed by atoms with van der Waals surface area (Å²) in [7, 11) is 0. The Balaban J connectivity index is 1.81. The van der Waals surface area contributed by atoms with Crippen LogP contribution in [0.3, 0.4) is 0 Å². The van der Waals surface area contributed by atoms with Crippen LogP contribution in [0, 0.1) is 0 Å². The van der Waals surface area contributed by atoms with Crippen molar-refractivity contribution in [3.8, 4) is 0 Å². The van der Waals surface area contributed by atoms with Crippen LogP contribution in [0.1, 0.15) is 30.6 Å². The van der Waals surface area contributed by atoms with Gasteiger partial charge in [-0.25, -0.2) is 0 Å². The molecular formula is C11H18N2S2. The predicted octanol–water partition coefficient (Wildman–Crippen LogP) is 2.91. The fraction of sp³-hybridized carbons (Fsp3) is 0.727. The Morgan fingerprint density at radius 3 is 3.13 bits per heavy atom. The molecule has 1 N–H and O–H groups in total. The molecule has 4 heteroatoms. The Bertz CT molecular complexity index is 274. The molecule has 0 aromatic carbocycles. The molecule has 1 aliphatic rings. The van der Waals surface area contributed by atoms with Crippen molar-refractivity contribution in [1.82, 2.24) is 10.3 Å². The molecule has 0 radical (unpaired) electrons. The Hall–Kier alpha value is -0.0600. The largest absolute Gasteiger partial charge is 0.308 e. The monoisotopic (exact) mass is 242 g/mol. The molecule has 1 aromatic rings. The Morgan fingerprint density at radius 1 is 1.53 bits per heavy atom. The maximum Gasteiger partial charge on any atom is 0.0794 e. The number of hydrogen-bond donors (Lipinski definition) is 1. The molecule has 1 saturated carbocycles. The Kier molecular flexibility index (Phi) is 4.47. The first kappa shape index (κ1) is 11.4. The first-order chi connectivity index (χ1) is 7.40. The molecule has 2 rings (SSSR count). The second-order valence-corrected chi connectivity index (χ2v) is 6.06. The molecule has 0 bridgehead atoms. The van der Waals surface area contributed by atoms with Crippen molar-refractivity contribution >= 4 is 23.1 Å². The van der Waals surface area contributed by atoms with Crippen LogP contribution in [0.25, 0.3) is 0 Å². The van der Waals surface area contributed by atoms with E-state index >= 15 is 0 Å². The van der Waals surface area contributed by atoms with Crippen molar-refractivity contribution in [1.29, 1.82) is 0 Å². The van der Waals surface area contributed by atoms with Crippen molar-refractivity contribution < 1.29 is 0 Å². The number of hydrogen-bond acceptors (Lipinski definition) is 4. The summed E-state index contributed by atoms with van der Waals surface area (Å²) in [5.41, 5.74) is 1.91. The minimum atomic E-state index is 0.704. The van der Waals surface area contributed by atoms with Gasteiger partial charge in [0, 0.05) is 28.9 Å². The summed E-state index contributed by atoms with van der Waals surface area (Å²) < 4.78 is 0. The molecule has 0 spiro atoms. The van der Waals surface area contributed by atoms with Crippen LogP contribution in [0.15, 0.2) is 11.7 Å². The van der Waals surface area contributed by atoms with E-state index in [1.54, 1.807) is 11.3 Å². The van der Waals surface area contributed by atoms with Gasteiger partial charge in [-0.1, -0.05) is 12.8 Å². The van der Waals surface area contributed by atoms with E-state index in [1.165, 1.54) is 30.6 Å². The summed E-state index contributed by atoms with van der Waals surface area (Å²) in [5, 5.41) is 4.49. The third kappa shape index (κ3) is 3.20. The molecule has 84 valence electrons. The fourth-order valence-corrected chi connectivity index (χ4v) is 3.68. The van der Waals surface area contributed by atoms with Crippen LogP contribution in [0.4, 0.5) is 0 Å². The molecule has 1 heterocycles. The summed E-state index contributed by atoms with van der Waals surface area (Å²) in [4.78, 5) is 5.45. The van der Waals surface area contributed by atoms with Crippen molar-refractivity contribution in [3.05, 3.63) is 16.6 Å². The van der Waals surface area contributed by atoms with Gasteiger partial charge in [-0.15, -0.1) is 11.3 Å². The van der Waals surface area contributed by atoms with E-state index in [1.807, 2.05) is 23.5 Å². The zero-order valence-electron chi connectivity index (χ0n) is 9.11. The van der Waals surface area contributed by atoms with E-state index in [0.29, 0.717) is 6.04 Å². The SMILES string of the molecule is CSC1CCCCC1NCc1cncs1. The van der Waals surface area contributed by atoms with Crippen molar-refractivity contribution in [3.63, 3.8) is 0 Å². The van der Waals surface area contributed by atoms with Crippen LogP contribution >= 0.6 is 23.1 Å². The maximum atomic E-state index is 4.10. The smallest absolute Gasteiger partial charge is 0.0794 e. The van der Waals surface area contributed by atoms with Gasteiger partial charge in [0.25, 0.3) is 0 Å². The van der Waals surface area contributed by atoms with Gasteiger partial charge in [-0.3, -0.25) is 4.98 Å². The normalized spacial score (nSPS) is 26.7. The van der Waals surface area contributed by atoms with Crippen molar-refractivity contribution in [2.24, 2.45) is 0 Å². The van der Waals surface area contributed by atoms with Gasteiger partial charge in [-0.2, -0.15) is 11.8 Å². The Morgan fingerprint density at radius 2 is 2.40 bits per heavy atom. The lowest BCUT2D eigenvalue weighted by molar-refractivity contribution is 0.384.